The minimum Gasteiger partial charge on any atom is -0.379 e. The summed E-state index contributed by atoms with van der Waals surface area (Å²) in [5, 5.41) is 0. The van der Waals surface area contributed by atoms with E-state index in [1.165, 1.54) is 0 Å². The highest BCUT2D eigenvalue weighted by molar-refractivity contribution is 5.79. The molecular weight excluding hydrogens is 392 g/mol. The van der Waals surface area contributed by atoms with Gasteiger partial charge in [0.1, 0.15) is 0 Å². The van der Waals surface area contributed by atoms with Crippen LogP contribution in [0, 0.1) is 5.92 Å². The second-order valence-corrected chi connectivity index (χ2v) is 8.26. The summed E-state index contributed by atoms with van der Waals surface area (Å²) in [6.45, 7) is 7.53. The van der Waals surface area contributed by atoms with Crippen molar-refractivity contribution in [1.82, 2.24) is 24.8 Å². The van der Waals surface area contributed by atoms with Crippen LogP contribution in [0.5, 0.6) is 0 Å². The molecule has 4 heterocycles. The van der Waals surface area contributed by atoms with E-state index in [1.54, 1.807) is 24.8 Å². The van der Waals surface area contributed by atoms with Crippen molar-refractivity contribution in [2.24, 2.45) is 5.92 Å². The number of morpholine rings is 1. The standard InChI is InChI=1S/C23H32N6O2/c30-22(21-4-1-12-29(19-21)23-25-7-2-8-26-23)28(18-20-5-9-24-10-6-20)13-3-11-27-14-16-31-17-15-27/h2,5-10,21H,1,3-4,11-19H2. The van der Waals surface area contributed by atoms with Crippen molar-refractivity contribution < 1.29 is 9.53 Å². The van der Waals surface area contributed by atoms with Crippen LogP contribution in [-0.4, -0.2) is 83.1 Å². The van der Waals surface area contributed by atoms with Gasteiger partial charge in [-0.1, -0.05) is 0 Å². The molecule has 0 aliphatic carbocycles. The second kappa shape index (κ2) is 11.2. The van der Waals surface area contributed by atoms with Gasteiger partial charge in [-0.3, -0.25) is 14.7 Å². The third kappa shape index (κ3) is 6.21. The average Bonchev–Trinajstić information content (AvgIpc) is 2.85. The number of aromatic nitrogens is 3. The summed E-state index contributed by atoms with van der Waals surface area (Å²) in [5.41, 5.74) is 1.12. The predicted molar refractivity (Wildman–Crippen MR) is 118 cm³/mol. The van der Waals surface area contributed by atoms with E-state index < -0.39 is 0 Å². The van der Waals surface area contributed by atoms with E-state index in [4.69, 9.17) is 4.74 Å². The first-order chi connectivity index (χ1) is 15.3. The second-order valence-electron chi connectivity index (χ2n) is 8.26. The highest BCUT2D eigenvalue weighted by atomic mass is 16.5. The van der Waals surface area contributed by atoms with Gasteiger partial charge in [0.15, 0.2) is 0 Å². The van der Waals surface area contributed by atoms with Crippen LogP contribution in [0.1, 0.15) is 24.8 Å². The Morgan fingerprint density at radius 2 is 1.87 bits per heavy atom. The zero-order valence-electron chi connectivity index (χ0n) is 18.1. The lowest BCUT2D eigenvalue weighted by atomic mass is 9.96. The Balaban J connectivity index is 1.39. The van der Waals surface area contributed by atoms with E-state index in [-0.39, 0.29) is 11.8 Å². The number of pyridine rings is 1. The molecule has 0 bridgehead atoms. The summed E-state index contributed by atoms with van der Waals surface area (Å²) in [4.78, 5) is 33.0. The van der Waals surface area contributed by atoms with Crippen LogP contribution in [-0.2, 0) is 16.1 Å². The van der Waals surface area contributed by atoms with Gasteiger partial charge in [-0.15, -0.1) is 0 Å². The number of carbonyl (C=O) groups excluding carboxylic acids is 1. The number of hydrogen-bond donors (Lipinski definition) is 0. The molecule has 2 saturated heterocycles. The van der Waals surface area contributed by atoms with Gasteiger partial charge >= 0.3 is 0 Å². The molecule has 2 aromatic rings. The summed E-state index contributed by atoms with van der Waals surface area (Å²) >= 11 is 0. The van der Waals surface area contributed by atoms with Gasteiger partial charge in [0.25, 0.3) is 0 Å². The van der Waals surface area contributed by atoms with Crippen LogP contribution < -0.4 is 4.90 Å². The predicted octanol–water partition coefficient (Wildman–Crippen LogP) is 1.84. The molecule has 2 aromatic heterocycles. The van der Waals surface area contributed by atoms with E-state index in [2.05, 4.69) is 24.8 Å². The number of piperidine rings is 1. The minimum absolute atomic E-state index is 0.0252. The zero-order valence-corrected chi connectivity index (χ0v) is 18.1. The van der Waals surface area contributed by atoms with Gasteiger partial charge in [-0.25, -0.2) is 9.97 Å². The van der Waals surface area contributed by atoms with Crippen LogP contribution in [0.4, 0.5) is 5.95 Å². The smallest absolute Gasteiger partial charge is 0.227 e. The molecule has 8 nitrogen and oxygen atoms in total. The van der Waals surface area contributed by atoms with Crippen molar-refractivity contribution >= 4 is 11.9 Å². The van der Waals surface area contributed by atoms with E-state index in [0.29, 0.717) is 19.0 Å². The molecule has 2 aliphatic rings. The SMILES string of the molecule is O=C(C1CCCN(c2ncccn2)C1)N(CCCN1CCOCC1)Cc1ccncc1. The van der Waals surface area contributed by atoms with Crippen LogP contribution in [0.2, 0.25) is 0 Å². The van der Waals surface area contributed by atoms with Gasteiger partial charge in [-0.2, -0.15) is 0 Å². The molecule has 0 saturated carbocycles. The Labute approximate surface area is 184 Å². The molecule has 2 fully saturated rings. The molecule has 0 spiro atoms. The molecule has 2 aliphatic heterocycles. The van der Waals surface area contributed by atoms with E-state index in [9.17, 15) is 4.79 Å². The number of carbonyl (C=O) groups is 1. The van der Waals surface area contributed by atoms with Crippen LogP contribution in [0.3, 0.4) is 0 Å². The maximum atomic E-state index is 13.6. The summed E-state index contributed by atoms with van der Waals surface area (Å²) < 4.78 is 5.44. The Hall–Kier alpha value is -2.58. The Morgan fingerprint density at radius 3 is 2.65 bits per heavy atom. The fourth-order valence-corrected chi connectivity index (χ4v) is 4.36. The fraction of sp³-hybridized carbons (Fsp3) is 0.565. The molecule has 0 aromatic carbocycles. The van der Waals surface area contributed by atoms with Gasteiger partial charge < -0.3 is 14.5 Å². The van der Waals surface area contributed by atoms with Crippen molar-refractivity contribution in [1.29, 1.82) is 0 Å². The van der Waals surface area contributed by atoms with Crippen molar-refractivity contribution in [3.8, 4) is 0 Å². The lowest BCUT2D eigenvalue weighted by Gasteiger charge is -2.35. The number of ether oxygens (including phenoxy) is 1. The molecular formula is C23H32N6O2. The van der Waals surface area contributed by atoms with E-state index in [1.807, 2.05) is 23.1 Å². The summed E-state index contributed by atoms with van der Waals surface area (Å²) in [5.74, 6) is 0.926. The third-order valence-electron chi connectivity index (χ3n) is 6.05. The molecule has 1 atom stereocenters. The van der Waals surface area contributed by atoms with Crippen LogP contribution in [0.15, 0.2) is 43.0 Å². The highest BCUT2D eigenvalue weighted by Gasteiger charge is 2.30. The third-order valence-corrected chi connectivity index (χ3v) is 6.05. The first-order valence-electron chi connectivity index (χ1n) is 11.3. The van der Waals surface area contributed by atoms with Gasteiger partial charge in [0.05, 0.1) is 19.1 Å². The Bertz CT molecular complexity index is 800. The first kappa shape index (κ1) is 21.6. The van der Waals surface area contributed by atoms with Crippen molar-refractivity contribution in [2.45, 2.75) is 25.8 Å². The van der Waals surface area contributed by atoms with Crippen molar-refractivity contribution in [3.63, 3.8) is 0 Å². The molecule has 0 N–H and O–H groups in total. The molecule has 1 amide bonds. The van der Waals surface area contributed by atoms with E-state index >= 15 is 0 Å². The zero-order chi connectivity index (χ0) is 21.3. The normalized spacial score (nSPS) is 19.9. The Morgan fingerprint density at radius 1 is 1.10 bits per heavy atom. The fourth-order valence-electron chi connectivity index (χ4n) is 4.36. The molecule has 4 rings (SSSR count). The molecule has 0 radical (unpaired) electrons. The van der Waals surface area contributed by atoms with Crippen LogP contribution in [0.25, 0.3) is 0 Å². The average molecular weight is 425 g/mol. The molecule has 8 heteroatoms. The molecule has 1 unspecified atom stereocenters. The maximum absolute atomic E-state index is 13.6. The van der Waals surface area contributed by atoms with Gasteiger partial charge in [0, 0.05) is 70.6 Å². The van der Waals surface area contributed by atoms with Crippen molar-refractivity contribution in [2.75, 3.05) is 57.4 Å². The quantitative estimate of drug-likeness (QED) is 0.640. The maximum Gasteiger partial charge on any atom is 0.227 e. The highest BCUT2D eigenvalue weighted by Crippen LogP contribution is 2.23. The first-order valence-corrected chi connectivity index (χ1v) is 11.3. The Kier molecular flexibility index (Phi) is 7.79. The lowest BCUT2D eigenvalue weighted by molar-refractivity contribution is -0.136. The van der Waals surface area contributed by atoms with Crippen LogP contribution >= 0.6 is 0 Å². The number of anilines is 1. The molecule has 166 valence electrons. The van der Waals surface area contributed by atoms with Gasteiger partial charge in [0.2, 0.25) is 11.9 Å². The largest absolute Gasteiger partial charge is 0.379 e. The summed E-state index contributed by atoms with van der Waals surface area (Å²) in [7, 11) is 0. The summed E-state index contributed by atoms with van der Waals surface area (Å²) in [6, 6.07) is 5.81. The monoisotopic (exact) mass is 424 g/mol. The number of nitrogens with zero attached hydrogens (tertiary/aromatic N) is 6. The van der Waals surface area contributed by atoms with Crippen molar-refractivity contribution in [3.05, 3.63) is 48.5 Å². The number of amides is 1. The summed E-state index contributed by atoms with van der Waals surface area (Å²) in [6.07, 6.45) is 9.96. The molecule has 31 heavy (non-hydrogen) atoms. The minimum atomic E-state index is -0.0252. The lowest BCUT2D eigenvalue weighted by Crippen LogP contribution is -2.46. The number of rotatable bonds is 8. The van der Waals surface area contributed by atoms with Gasteiger partial charge in [-0.05, 0) is 43.0 Å². The van der Waals surface area contributed by atoms with E-state index in [0.717, 1.165) is 70.8 Å². The number of hydrogen-bond acceptors (Lipinski definition) is 7. The topological polar surface area (TPSA) is 74.7 Å².